The van der Waals surface area contributed by atoms with Gasteiger partial charge in [-0.25, -0.2) is 0 Å². The van der Waals surface area contributed by atoms with Crippen molar-refractivity contribution in [3.8, 4) is 0 Å². The van der Waals surface area contributed by atoms with E-state index in [0.717, 1.165) is 50.5 Å². The number of hydrogen-bond acceptors (Lipinski definition) is 4. The van der Waals surface area contributed by atoms with Crippen molar-refractivity contribution in [1.82, 2.24) is 14.8 Å². The van der Waals surface area contributed by atoms with Crippen LogP contribution in [0.4, 0.5) is 0 Å². The smallest absolute Gasteiger partial charge is 0.259 e. The molecule has 1 N–H and O–H groups in total. The number of amides is 2. The average molecular weight is 474 g/mol. The molecule has 3 aromatic rings. The molecule has 182 valence electrons. The van der Waals surface area contributed by atoms with Crippen LogP contribution in [0.15, 0.2) is 70.3 Å². The lowest BCUT2D eigenvalue weighted by Crippen LogP contribution is -2.40. The van der Waals surface area contributed by atoms with Gasteiger partial charge in [0.1, 0.15) is 22.9 Å². The third-order valence-electron chi connectivity index (χ3n) is 7.15. The molecule has 1 saturated heterocycles. The van der Waals surface area contributed by atoms with Gasteiger partial charge >= 0.3 is 0 Å². The van der Waals surface area contributed by atoms with Crippen molar-refractivity contribution in [2.24, 2.45) is 0 Å². The largest absolute Gasteiger partial charge is 0.467 e. The highest BCUT2D eigenvalue weighted by molar-refractivity contribution is 5.99. The number of nitrogens with zero attached hydrogens (tertiary/aromatic N) is 2. The third-order valence-corrected chi connectivity index (χ3v) is 7.15. The minimum absolute atomic E-state index is 0.00718. The second-order valence-electron chi connectivity index (χ2n) is 9.49. The highest BCUT2D eigenvalue weighted by Gasteiger charge is 2.28. The fourth-order valence-electron chi connectivity index (χ4n) is 5.22. The van der Waals surface area contributed by atoms with E-state index in [9.17, 15) is 14.4 Å². The molecule has 2 fully saturated rings. The summed E-state index contributed by atoms with van der Waals surface area (Å²) in [6.07, 6.45) is 12.0. The first-order chi connectivity index (χ1) is 17.1. The summed E-state index contributed by atoms with van der Waals surface area (Å²) in [6.45, 7) is 1.29. The molecule has 0 spiro atoms. The lowest BCUT2D eigenvalue weighted by Gasteiger charge is -2.27. The number of piperidine rings is 1. The van der Waals surface area contributed by atoms with E-state index in [1.54, 1.807) is 35.7 Å². The van der Waals surface area contributed by atoms with Crippen LogP contribution in [0.25, 0.3) is 0 Å². The van der Waals surface area contributed by atoms with Crippen molar-refractivity contribution in [1.29, 1.82) is 0 Å². The van der Waals surface area contributed by atoms with E-state index in [1.807, 2.05) is 34.9 Å². The van der Waals surface area contributed by atoms with Gasteiger partial charge in [0.05, 0.1) is 6.26 Å². The number of rotatable bonds is 6. The number of nitrogens with one attached hydrogen (secondary N) is 1. The molecule has 0 bridgehead atoms. The van der Waals surface area contributed by atoms with Crippen LogP contribution in [0.5, 0.6) is 0 Å². The standard InChI is InChI=1S/C28H31N3O4/c32-26-22(27(33)29-25(24-14-9-17-35-24)20-10-3-1-4-11-20)18-31(21-12-5-6-13-21)19-23(26)28(34)30-15-7-2-8-16-30/h1,3-4,9-11,14,17-19,21,25H,2,5-8,12-13,15-16H2,(H,29,33). The van der Waals surface area contributed by atoms with Crippen molar-refractivity contribution >= 4 is 11.8 Å². The van der Waals surface area contributed by atoms with Crippen molar-refractivity contribution < 1.29 is 14.0 Å². The lowest BCUT2D eigenvalue weighted by molar-refractivity contribution is 0.0722. The molecule has 2 aliphatic rings. The summed E-state index contributed by atoms with van der Waals surface area (Å²) in [5, 5.41) is 2.99. The van der Waals surface area contributed by atoms with E-state index in [-0.39, 0.29) is 23.1 Å². The Balaban J connectivity index is 1.52. The zero-order valence-corrected chi connectivity index (χ0v) is 19.8. The fourth-order valence-corrected chi connectivity index (χ4v) is 5.22. The molecule has 1 aliphatic carbocycles. The molecule has 35 heavy (non-hydrogen) atoms. The minimum Gasteiger partial charge on any atom is -0.467 e. The van der Waals surface area contributed by atoms with Gasteiger partial charge in [0.2, 0.25) is 5.43 Å². The molecule has 1 unspecified atom stereocenters. The van der Waals surface area contributed by atoms with Crippen LogP contribution in [0.2, 0.25) is 0 Å². The molecule has 1 saturated carbocycles. The summed E-state index contributed by atoms with van der Waals surface area (Å²) in [5.74, 6) is -0.219. The SMILES string of the molecule is O=C(NC(c1ccccc1)c1ccco1)c1cn(C2CCCC2)cc(C(=O)N2CCCCC2)c1=O. The molecule has 0 radical (unpaired) electrons. The summed E-state index contributed by atoms with van der Waals surface area (Å²) >= 11 is 0. The zero-order chi connectivity index (χ0) is 24.2. The predicted octanol–water partition coefficient (Wildman–Crippen LogP) is 4.70. The molecule has 2 amide bonds. The van der Waals surface area contributed by atoms with Crippen LogP contribution in [0.3, 0.4) is 0 Å². The quantitative estimate of drug-likeness (QED) is 0.562. The maximum atomic E-state index is 13.6. The lowest BCUT2D eigenvalue weighted by atomic mass is 10.0. The van der Waals surface area contributed by atoms with E-state index >= 15 is 0 Å². The van der Waals surface area contributed by atoms with Crippen LogP contribution in [0.1, 0.15) is 89.1 Å². The Kier molecular flexibility index (Phi) is 6.84. The first kappa shape index (κ1) is 23.1. The molecule has 1 aliphatic heterocycles. The molecule has 1 atom stereocenters. The topological polar surface area (TPSA) is 84.6 Å². The van der Waals surface area contributed by atoms with Crippen molar-refractivity contribution in [3.63, 3.8) is 0 Å². The third kappa shape index (κ3) is 4.94. The van der Waals surface area contributed by atoms with E-state index in [4.69, 9.17) is 4.42 Å². The van der Waals surface area contributed by atoms with Gasteiger partial charge in [0.25, 0.3) is 11.8 Å². The van der Waals surface area contributed by atoms with Gasteiger partial charge < -0.3 is 19.2 Å². The van der Waals surface area contributed by atoms with Crippen LogP contribution in [-0.4, -0.2) is 34.4 Å². The van der Waals surface area contributed by atoms with Gasteiger partial charge in [-0.1, -0.05) is 43.2 Å². The number of aromatic nitrogens is 1. The predicted molar refractivity (Wildman–Crippen MR) is 132 cm³/mol. The molecule has 7 nitrogen and oxygen atoms in total. The number of carbonyl (C=O) groups excluding carboxylic acids is 2. The molecular formula is C28H31N3O4. The van der Waals surface area contributed by atoms with Gasteiger partial charge in [-0.3, -0.25) is 14.4 Å². The monoisotopic (exact) mass is 473 g/mol. The highest BCUT2D eigenvalue weighted by Crippen LogP contribution is 2.30. The summed E-state index contributed by atoms with van der Waals surface area (Å²) in [5.41, 5.74) is 0.402. The van der Waals surface area contributed by atoms with Gasteiger partial charge in [-0.15, -0.1) is 0 Å². The van der Waals surface area contributed by atoms with Crippen LogP contribution in [0, 0.1) is 0 Å². The van der Waals surface area contributed by atoms with E-state index < -0.39 is 17.4 Å². The second-order valence-corrected chi connectivity index (χ2v) is 9.49. The van der Waals surface area contributed by atoms with E-state index in [2.05, 4.69) is 5.32 Å². The molecular weight excluding hydrogens is 442 g/mol. The molecule has 5 rings (SSSR count). The van der Waals surface area contributed by atoms with Crippen molar-refractivity contribution in [2.75, 3.05) is 13.1 Å². The van der Waals surface area contributed by atoms with Crippen molar-refractivity contribution in [2.45, 2.75) is 57.0 Å². The van der Waals surface area contributed by atoms with Gasteiger partial charge in [-0.05, 0) is 49.8 Å². The second kappa shape index (κ2) is 10.3. The molecule has 7 heteroatoms. The summed E-state index contributed by atoms with van der Waals surface area (Å²) in [4.78, 5) is 42.2. The van der Waals surface area contributed by atoms with Crippen LogP contribution < -0.4 is 10.7 Å². The molecule has 1 aromatic carbocycles. The Hall–Kier alpha value is -3.61. The van der Waals surface area contributed by atoms with Crippen LogP contribution >= 0.6 is 0 Å². The Morgan fingerprint density at radius 3 is 2.29 bits per heavy atom. The fraction of sp³-hybridized carbons (Fsp3) is 0.393. The van der Waals surface area contributed by atoms with Crippen LogP contribution in [-0.2, 0) is 0 Å². The normalized spacial score (nSPS) is 17.3. The maximum Gasteiger partial charge on any atom is 0.259 e. The summed E-state index contributed by atoms with van der Waals surface area (Å²) in [6, 6.07) is 12.7. The van der Waals surface area contributed by atoms with Gasteiger partial charge in [0.15, 0.2) is 0 Å². The number of furan rings is 1. The molecule has 2 aromatic heterocycles. The Labute approximate surface area is 204 Å². The maximum absolute atomic E-state index is 13.6. The summed E-state index contributed by atoms with van der Waals surface area (Å²) < 4.78 is 7.53. The van der Waals surface area contributed by atoms with E-state index in [0.29, 0.717) is 18.8 Å². The Bertz CT molecular complexity index is 1220. The highest BCUT2D eigenvalue weighted by atomic mass is 16.3. The first-order valence-corrected chi connectivity index (χ1v) is 12.6. The van der Waals surface area contributed by atoms with Crippen molar-refractivity contribution in [3.05, 3.63) is 93.8 Å². The van der Waals surface area contributed by atoms with Gasteiger partial charge in [0, 0.05) is 31.5 Å². The van der Waals surface area contributed by atoms with Gasteiger partial charge in [-0.2, -0.15) is 0 Å². The van der Waals surface area contributed by atoms with E-state index in [1.165, 1.54) is 0 Å². The number of benzene rings is 1. The first-order valence-electron chi connectivity index (χ1n) is 12.6. The summed E-state index contributed by atoms with van der Waals surface area (Å²) in [7, 11) is 0. The average Bonchev–Trinajstić information content (AvgIpc) is 3.63. The Morgan fingerprint density at radius 2 is 1.60 bits per heavy atom. The number of hydrogen-bond donors (Lipinski definition) is 1. The minimum atomic E-state index is -0.556. The number of carbonyl (C=O) groups is 2. The number of pyridine rings is 1. The number of likely N-dealkylation sites (tertiary alicyclic amines) is 1. The molecule has 3 heterocycles. The Morgan fingerprint density at radius 1 is 0.886 bits per heavy atom. The zero-order valence-electron chi connectivity index (χ0n) is 19.8.